The molecule has 0 aromatic rings. The van der Waals surface area contributed by atoms with E-state index in [9.17, 15) is 9.59 Å². The lowest BCUT2D eigenvalue weighted by molar-refractivity contribution is -0.121. The van der Waals surface area contributed by atoms with Gasteiger partial charge in [-0.3, -0.25) is 9.69 Å². The van der Waals surface area contributed by atoms with Crippen LogP contribution in [0.15, 0.2) is 5.16 Å². The van der Waals surface area contributed by atoms with E-state index < -0.39 is 18.0 Å². The van der Waals surface area contributed by atoms with Crippen LogP contribution in [0.25, 0.3) is 0 Å². The van der Waals surface area contributed by atoms with Crippen molar-refractivity contribution in [2.24, 2.45) is 10.9 Å². The summed E-state index contributed by atoms with van der Waals surface area (Å²) in [5.41, 5.74) is 5.54. The summed E-state index contributed by atoms with van der Waals surface area (Å²) in [5, 5.41) is 12.3. The number of carbonyl (C=O) groups excluding carboxylic acids is 1. The number of carboxylic acid groups (broad SMARTS) is 1. The van der Waals surface area contributed by atoms with Crippen molar-refractivity contribution in [2.75, 3.05) is 13.7 Å². The predicted molar refractivity (Wildman–Crippen MR) is 46.8 cm³/mol. The number of nitrogens with zero attached hydrogens (tertiary/aromatic N) is 2. The van der Waals surface area contributed by atoms with E-state index in [1.807, 2.05) is 0 Å². The first kappa shape index (κ1) is 10.3. The molecule has 7 nitrogen and oxygen atoms in total. The third-order valence-electron chi connectivity index (χ3n) is 1.95. The van der Waals surface area contributed by atoms with E-state index in [0.717, 1.165) is 4.90 Å². The molecular formula is C7H11N3O4. The van der Waals surface area contributed by atoms with Crippen molar-refractivity contribution in [1.29, 1.82) is 0 Å². The number of likely N-dealkylation sites (tertiary alicyclic amines) is 1. The lowest BCUT2D eigenvalue weighted by atomic mass is 10.2. The van der Waals surface area contributed by atoms with Gasteiger partial charge in [-0.05, 0) is 0 Å². The van der Waals surface area contributed by atoms with E-state index in [1.54, 1.807) is 0 Å². The van der Waals surface area contributed by atoms with Gasteiger partial charge < -0.3 is 15.7 Å². The normalized spacial score (nSPS) is 23.9. The summed E-state index contributed by atoms with van der Waals surface area (Å²) in [7, 11) is 1.36. The number of hydrogen-bond acceptors (Lipinski definition) is 4. The van der Waals surface area contributed by atoms with Crippen LogP contribution < -0.4 is 5.73 Å². The molecule has 14 heavy (non-hydrogen) atoms. The Morgan fingerprint density at radius 2 is 2.36 bits per heavy atom. The molecule has 1 unspecified atom stereocenters. The Morgan fingerprint density at radius 1 is 1.71 bits per heavy atom. The highest BCUT2D eigenvalue weighted by Gasteiger charge is 2.36. The zero-order valence-corrected chi connectivity index (χ0v) is 7.64. The van der Waals surface area contributed by atoms with Crippen LogP contribution in [-0.2, 0) is 9.63 Å². The van der Waals surface area contributed by atoms with Crippen LogP contribution in [0, 0.1) is 0 Å². The van der Waals surface area contributed by atoms with Gasteiger partial charge in [-0.2, -0.15) is 0 Å². The summed E-state index contributed by atoms with van der Waals surface area (Å²) >= 11 is 0. The Labute approximate surface area is 80.1 Å². The average molecular weight is 201 g/mol. The molecule has 0 aromatic carbocycles. The first-order chi connectivity index (χ1) is 6.56. The molecule has 2 amide bonds. The summed E-state index contributed by atoms with van der Waals surface area (Å²) in [5.74, 6) is -0.672. The van der Waals surface area contributed by atoms with Crippen molar-refractivity contribution >= 4 is 17.7 Å². The minimum Gasteiger partial charge on any atom is -0.465 e. The minimum atomic E-state index is -1.19. The molecule has 1 rings (SSSR count). The molecule has 1 atom stereocenters. The highest BCUT2D eigenvalue weighted by atomic mass is 16.6. The van der Waals surface area contributed by atoms with Crippen LogP contribution in [-0.4, -0.2) is 47.4 Å². The van der Waals surface area contributed by atoms with Gasteiger partial charge in [0.15, 0.2) is 0 Å². The van der Waals surface area contributed by atoms with Gasteiger partial charge in [-0.1, -0.05) is 5.16 Å². The summed E-state index contributed by atoms with van der Waals surface area (Å²) in [6.07, 6.45) is -0.981. The topological polar surface area (TPSA) is 105 Å². The third-order valence-corrected chi connectivity index (χ3v) is 1.95. The maximum atomic E-state index is 10.9. The molecule has 0 aliphatic carbocycles. The largest absolute Gasteiger partial charge is 0.465 e. The fourth-order valence-corrected chi connectivity index (χ4v) is 1.36. The fourth-order valence-electron chi connectivity index (χ4n) is 1.36. The number of nitrogens with two attached hydrogens (primary N) is 1. The van der Waals surface area contributed by atoms with Gasteiger partial charge in [-0.15, -0.1) is 0 Å². The molecule has 0 aromatic heterocycles. The van der Waals surface area contributed by atoms with Gasteiger partial charge in [0, 0.05) is 6.42 Å². The molecule has 1 saturated heterocycles. The molecule has 1 aliphatic heterocycles. The minimum absolute atomic E-state index is 0.0663. The summed E-state index contributed by atoms with van der Waals surface area (Å²) in [6.45, 7) is 0.0663. The molecule has 1 heterocycles. The zero-order chi connectivity index (χ0) is 10.7. The zero-order valence-electron chi connectivity index (χ0n) is 7.64. The quantitative estimate of drug-likeness (QED) is 0.572. The Hall–Kier alpha value is -1.79. The maximum Gasteiger partial charge on any atom is 0.408 e. The van der Waals surface area contributed by atoms with Gasteiger partial charge in [0.1, 0.15) is 13.2 Å². The summed E-state index contributed by atoms with van der Waals surface area (Å²) in [4.78, 5) is 27.0. The van der Waals surface area contributed by atoms with Crippen LogP contribution in [0.1, 0.15) is 6.42 Å². The fraction of sp³-hybridized carbons (Fsp3) is 0.571. The summed E-state index contributed by atoms with van der Waals surface area (Å²) < 4.78 is 0. The molecule has 0 radical (unpaired) electrons. The third kappa shape index (κ3) is 1.93. The van der Waals surface area contributed by atoms with E-state index in [2.05, 4.69) is 9.99 Å². The molecule has 0 spiro atoms. The average Bonchev–Trinajstić information content (AvgIpc) is 2.49. The molecule has 1 aliphatic rings. The first-order valence-corrected chi connectivity index (χ1v) is 3.94. The second kappa shape index (κ2) is 3.95. The van der Waals surface area contributed by atoms with Crippen molar-refractivity contribution in [3.63, 3.8) is 0 Å². The number of rotatable bonds is 2. The van der Waals surface area contributed by atoms with Gasteiger partial charge >= 0.3 is 6.09 Å². The highest BCUT2D eigenvalue weighted by Crippen LogP contribution is 2.15. The monoisotopic (exact) mass is 201 g/mol. The van der Waals surface area contributed by atoms with Crippen LogP contribution >= 0.6 is 0 Å². The van der Waals surface area contributed by atoms with Crippen molar-refractivity contribution < 1.29 is 19.5 Å². The second-order valence-corrected chi connectivity index (χ2v) is 2.87. The Morgan fingerprint density at radius 3 is 2.71 bits per heavy atom. The van der Waals surface area contributed by atoms with Gasteiger partial charge in [0.2, 0.25) is 5.91 Å². The van der Waals surface area contributed by atoms with Crippen molar-refractivity contribution in [1.82, 2.24) is 4.90 Å². The Balaban J connectivity index is 2.80. The number of hydrogen-bond donors (Lipinski definition) is 2. The number of amides is 2. The maximum absolute atomic E-state index is 10.9. The molecule has 78 valence electrons. The molecule has 3 N–H and O–H groups in total. The standard InChI is InChI=1S/C7H11N3O4/c1-14-9-4-2-5(6(8)11)10(3-4)7(12)13/h5H,2-3H2,1H3,(H2,8,11)(H,12,13). The molecule has 1 fully saturated rings. The van der Waals surface area contributed by atoms with Crippen LogP contribution in [0.5, 0.6) is 0 Å². The number of oxime groups is 1. The Bertz CT molecular complexity index is 265. The van der Waals surface area contributed by atoms with E-state index in [4.69, 9.17) is 10.8 Å². The SMILES string of the molecule is CON=C1CC(C(N)=O)N(C(=O)O)C1. The van der Waals surface area contributed by atoms with Crippen molar-refractivity contribution in [3.8, 4) is 0 Å². The van der Waals surface area contributed by atoms with E-state index in [-0.39, 0.29) is 13.0 Å². The van der Waals surface area contributed by atoms with E-state index in [1.165, 1.54) is 7.11 Å². The van der Waals surface area contributed by atoms with Gasteiger partial charge in [-0.25, -0.2) is 4.79 Å². The lowest BCUT2D eigenvalue weighted by Crippen LogP contribution is -2.42. The van der Waals surface area contributed by atoms with Gasteiger partial charge in [0.25, 0.3) is 0 Å². The summed E-state index contributed by atoms with van der Waals surface area (Å²) in [6, 6.07) is -0.832. The number of carbonyl (C=O) groups is 2. The lowest BCUT2D eigenvalue weighted by Gasteiger charge is -2.16. The van der Waals surface area contributed by atoms with E-state index >= 15 is 0 Å². The predicted octanol–water partition coefficient (Wildman–Crippen LogP) is -0.774. The Kier molecular flexibility index (Phi) is 2.90. The highest BCUT2D eigenvalue weighted by molar-refractivity contribution is 5.99. The molecular weight excluding hydrogens is 190 g/mol. The van der Waals surface area contributed by atoms with Crippen LogP contribution in [0.3, 0.4) is 0 Å². The molecule has 7 heteroatoms. The first-order valence-electron chi connectivity index (χ1n) is 3.94. The smallest absolute Gasteiger partial charge is 0.408 e. The van der Waals surface area contributed by atoms with Crippen molar-refractivity contribution in [2.45, 2.75) is 12.5 Å². The van der Waals surface area contributed by atoms with E-state index in [0.29, 0.717) is 5.71 Å². The molecule has 0 saturated carbocycles. The second-order valence-electron chi connectivity index (χ2n) is 2.87. The van der Waals surface area contributed by atoms with Crippen LogP contribution in [0.4, 0.5) is 4.79 Å². The van der Waals surface area contributed by atoms with Gasteiger partial charge in [0.05, 0.1) is 12.3 Å². The molecule has 0 bridgehead atoms. The number of primary amides is 1. The van der Waals surface area contributed by atoms with Crippen LogP contribution in [0.2, 0.25) is 0 Å². The van der Waals surface area contributed by atoms with Crippen molar-refractivity contribution in [3.05, 3.63) is 0 Å².